The first kappa shape index (κ1) is 9.00. The third-order valence-electron chi connectivity index (χ3n) is 1.47. The van der Waals surface area contributed by atoms with Crippen molar-refractivity contribution in [2.45, 2.75) is 0 Å². The predicted octanol–water partition coefficient (Wildman–Crippen LogP) is 1.92. The van der Waals surface area contributed by atoms with Crippen LogP contribution in [0.3, 0.4) is 0 Å². The van der Waals surface area contributed by atoms with Gasteiger partial charge < -0.3 is 10.8 Å². The van der Waals surface area contributed by atoms with Gasteiger partial charge in [-0.25, -0.2) is 0 Å². The maximum atomic E-state index is 9.10. The van der Waals surface area contributed by atoms with Crippen LogP contribution in [-0.4, -0.2) is 10.9 Å². The van der Waals surface area contributed by atoms with Gasteiger partial charge in [0.2, 0.25) is 0 Å². The van der Waals surface area contributed by atoms with Crippen LogP contribution in [-0.2, 0) is 0 Å². The molecule has 0 aliphatic carbocycles. The average molecular weight is 181 g/mol. The standard InChI is InChI=1S/C9H11NOS/c10-8-6-7(2-1-5-12)3-4-9(8)11/h1-4,6,11-12H,5,10H2. The Morgan fingerprint density at radius 3 is 2.83 bits per heavy atom. The lowest BCUT2D eigenvalue weighted by Crippen LogP contribution is -1.85. The highest BCUT2D eigenvalue weighted by atomic mass is 32.1. The maximum Gasteiger partial charge on any atom is 0.138 e. The van der Waals surface area contributed by atoms with E-state index in [1.165, 1.54) is 0 Å². The van der Waals surface area contributed by atoms with Crippen molar-refractivity contribution >= 4 is 24.4 Å². The Morgan fingerprint density at radius 1 is 1.50 bits per heavy atom. The molecule has 0 spiro atoms. The molecule has 0 saturated carbocycles. The van der Waals surface area contributed by atoms with E-state index in [-0.39, 0.29) is 5.75 Å². The van der Waals surface area contributed by atoms with Gasteiger partial charge in [0.25, 0.3) is 0 Å². The number of phenols is 1. The van der Waals surface area contributed by atoms with Crippen molar-refractivity contribution in [3.05, 3.63) is 29.8 Å². The van der Waals surface area contributed by atoms with Crippen LogP contribution in [0.25, 0.3) is 6.08 Å². The Kier molecular flexibility index (Phi) is 3.05. The second kappa shape index (κ2) is 4.07. The molecule has 1 rings (SSSR count). The summed E-state index contributed by atoms with van der Waals surface area (Å²) in [4.78, 5) is 0. The largest absolute Gasteiger partial charge is 0.506 e. The minimum Gasteiger partial charge on any atom is -0.506 e. The maximum absolute atomic E-state index is 9.10. The van der Waals surface area contributed by atoms with Crippen molar-refractivity contribution in [2.24, 2.45) is 0 Å². The number of nitrogen functional groups attached to an aromatic ring is 1. The van der Waals surface area contributed by atoms with Crippen molar-refractivity contribution in [3.8, 4) is 5.75 Å². The molecule has 1 aromatic carbocycles. The van der Waals surface area contributed by atoms with Crippen molar-refractivity contribution in [2.75, 3.05) is 11.5 Å². The van der Waals surface area contributed by atoms with E-state index in [0.29, 0.717) is 11.4 Å². The highest BCUT2D eigenvalue weighted by Crippen LogP contribution is 2.20. The molecule has 0 unspecified atom stereocenters. The first-order valence-corrected chi connectivity index (χ1v) is 4.23. The molecule has 3 N–H and O–H groups in total. The van der Waals surface area contributed by atoms with Gasteiger partial charge in [0, 0.05) is 5.75 Å². The highest BCUT2D eigenvalue weighted by Gasteiger charge is 1.94. The number of rotatable bonds is 2. The van der Waals surface area contributed by atoms with E-state index in [1.54, 1.807) is 18.2 Å². The van der Waals surface area contributed by atoms with E-state index in [9.17, 15) is 0 Å². The van der Waals surface area contributed by atoms with E-state index in [2.05, 4.69) is 12.6 Å². The second-order valence-electron chi connectivity index (χ2n) is 2.40. The molecule has 0 heterocycles. The molecular weight excluding hydrogens is 170 g/mol. The first-order chi connectivity index (χ1) is 5.74. The molecule has 0 fully saturated rings. The summed E-state index contributed by atoms with van der Waals surface area (Å²) in [6, 6.07) is 5.09. The molecule has 0 bridgehead atoms. The van der Waals surface area contributed by atoms with Gasteiger partial charge in [-0.3, -0.25) is 0 Å². The lowest BCUT2D eigenvalue weighted by molar-refractivity contribution is 0.478. The average Bonchev–Trinajstić information content (AvgIpc) is 2.07. The Labute approximate surface area is 77.1 Å². The van der Waals surface area contributed by atoms with Crippen LogP contribution in [0.15, 0.2) is 24.3 Å². The number of hydrogen-bond acceptors (Lipinski definition) is 3. The van der Waals surface area contributed by atoms with Gasteiger partial charge in [0.05, 0.1) is 5.69 Å². The third kappa shape index (κ3) is 2.20. The molecule has 0 saturated heterocycles. The van der Waals surface area contributed by atoms with E-state index in [0.717, 1.165) is 5.56 Å². The van der Waals surface area contributed by atoms with Gasteiger partial charge in [-0.05, 0) is 17.7 Å². The fraction of sp³-hybridized carbons (Fsp3) is 0.111. The number of anilines is 1. The number of hydrogen-bond donors (Lipinski definition) is 3. The van der Waals surface area contributed by atoms with Gasteiger partial charge in [0.15, 0.2) is 0 Å². The number of thiol groups is 1. The van der Waals surface area contributed by atoms with Crippen LogP contribution in [0.1, 0.15) is 5.56 Å². The van der Waals surface area contributed by atoms with Gasteiger partial charge in [-0.2, -0.15) is 12.6 Å². The van der Waals surface area contributed by atoms with Gasteiger partial charge in [-0.15, -0.1) is 0 Å². The monoisotopic (exact) mass is 181 g/mol. The van der Waals surface area contributed by atoms with E-state index in [1.807, 2.05) is 12.2 Å². The van der Waals surface area contributed by atoms with Gasteiger partial charge in [0.1, 0.15) is 5.75 Å². The van der Waals surface area contributed by atoms with Gasteiger partial charge >= 0.3 is 0 Å². The topological polar surface area (TPSA) is 46.2 Å². The Hall–Kier alpha value is -1.09. The van der Waals surface area contributed by atoms with Crippen molar-refractivity contribution in [1.29, 1.82) is 0 Å². The summed E-state index contributed by atoms with van der Waals surface area (Å²) >= 11 is 4.03. The van der Waals surface area contributed by atoms with E-state index < -0.39 is 0 Å². The van der Waals surface area contributed by atoms with Crippen molar-refractivity contribution in [1.82, 2.24) is 0 Å². The Morgan fingerprint density at radius 2 is 2.25 bits per heavy atom. The minimum absolute atomic E-state index is 0.123. The predicted molar refractivity (Wildman–Crippen MR) is 55.4 cm³/mol. The molecule has 0 aromatic heterocycles. The summed E-state index contributed by atoms with van der Waals surface area (Å²) in [6.45, 7) is 0. The van der Waals surface area contributed by atoms with E-state index >= 15 is 0 Å². The Bertz CT molecular complexity index is 297. The molecule has 0 amide bonds. The van der Waals surface area contributed by atoms with E-state index in [4.69, 9.17) is 10.8 Å². The SMILES string of the molecule is Nc1cc(C=CCS)ccc1O. The lowest BCUT2D eigenvalue weighted by atomic mass is 10.2. The van der Waals surface area contributed by atoms with Crippen molar-refractivity contribution < 1.29 is 5.11 Å². The van der Waals surface area contributed by atoms with Crippen LogP contribution in [0.4, 0.5) is 5.69 Å². The quantitative estimate of drug-likeness (QED) is 0.371. The third-order valence-corrected chi connectivity index (χ3v) is 1.68. The van der Waals surface area contributed by atoms with Crippen LogP contribution in [0.2, 0.25) is 0 Å². The zero-order valence-corrected chi connectivity index (χ0v) is 7.46. The molecule has 1 aromatic rings. The molecule has 3 heteroatoms. The zero-order chi connectivity index (χ0) is 8.97. The second-order valence-corrected chi connectivity index (χ2v) is 2.77. The normalized spacial score (nSPS) is 10.8. The number of aromatic hydroxyl groups is 1. The number of nitrogens with two attached hydrogens (primary N) is 1. The number of benzene rings is 1. The van der Waals surface area contributed by atoms with Crippen molar-refractivity contribution in [3.63, 3.8) is 0 Å². The molecule has 0 radical (unpaired) electrons. The van der Waals surface area contributed by atoms with Crippen LogP contribution in [0.5, 0.6) is 5.75 Å². The fourth-order valence-electron chi connectivity index (χ4n) is 0.865. The van der Waals surface area contributed by atoms with Crippen LogP contribution in [0, 0.1) is 0 Å². The first-order valence-electron chi connectivity index (χ1n) is 3.60. The minimum atomic E-state index is 0.123. The molecule has 0 atom stereocenters. The fourth-order valence-corrected chi connectivity index (χ4v) is 0.971. The molecule has 0 aliphatic rings. The summed E-state index contributed by atoms with van der Waals surface area (Å²) in [6.07, 6.45) is 3.82. The molecule has 12 heavy (non-hydrogen) atoms. The lowest BCUT2D eigenvalue weighted by Gasteiger charge is -1.98. The summed E-state index contributed by atoms with van der Waals surface area (Å²) in [5.41, 5.74) is 6.86. The van der Waals surface area contributed by atoms with Crippen LogP contribution >= 0.6 is 12.6 Å². The zero-order valence-electron chi connectivity index (χ0n) is 6.57. The Balaban J connectivity index is 2.89. The summed E-state index contributed by atoms with van der Waals surface area (Å²) in [5, 5.41) is 9.10. The summed E-state index contributed by atoms with van der Waals surface area (Å²) in [5.74, 6) is 0.818. The summed E-state index contributed by atoms with van der Waals surface area (Å²) < 4.78 is 0. The molecule has 0 aliphatic heterocycles. The highest BCUT2D eigenvalue weighted by molar-refractivity contribution is 7.80. The number of phenolic OH excluding ortho intramolecular Hbond substituents is 1. The summed E-state index contributed by atoms with van der Waals surface area (Å²) in [7, 11) is 0. The smallest absolute Gasteiger partial charge is 0.138 e. The molecule has 64 valence electrons. The molecule has 2 nitrogen and oxygen atoms in total. The van der Waals surface area contributed by atoms with Gasteiger partial charge in [-0.1, -0.05) is 18.2 Å². The van der Waals surface area contributed by atoms with Crippen LogP contribution < -0.4 is 5.73 Å². The molecular formula is C9H11NOS.